The van der Waals surface area contributed by atoms with Crippen molar-refractivity contribution in [3.8, 4) is 0 Å². The molecular weight excluding hydrogens is 196 g/mol. The lowest BCUT2D eigenvalue weighted by Crippen LogP contribution is -1.69. The van der Waals surface area contributed by atoms with Crippen LogP contribution in [0.2, 0.25) is 0 Å². The molecule has 0 aliphatic carbocycles. The number of hydrogen-bond donors (Lipinski definition) is 0. The van der Waals surface area contributed by atoms with Gasteiger partial charge in [0.05, 0.1) is 0 Å². The molecule has 2 aromatic rings. The van der Waals surface area contributed by atoms with Crippen molar-refractivity contribution >= 4 is 17.0 Å². The molecule has 0 bridgehead atoms. The van der Waals surface area contributed by atoms with Gasteiger partial charge in [0, 0.05) is 10.9 Å². The molecule has 0 radical (unpaired) electrons. The minimum Gasteiger partial charge on any atom is -0.461 e. The predicted molar refractivity (Wildman–Crippen MR) is 73.7 cm³/mol. The fraction of sp³-hybridized carbons (Fsp3) is 0.333. The van der Waals surface area contributed by atoms with Crippen LogP contribution in [0.3, 0.4) is 0 Å². The average Bonchev–Trinajstić information content (AvgIpc) is 2.69. The monoisotopic (exact) mass is 218 g/mol. The lowest BCUT2D eigenvalue weighted by Gasteiger charge is -1.87. The Kier molecular flexibility index (Phi) is 7.02. The number of rotatable bonds is 1. The molecule has 0 saturated heterocycles. The first-order chi connectivity index (χ1) is 7.83. The molecule has 0 saturated carbocycles. The third kappa shape index (κ3) is 2.99. The molecule has 1 heterocycles. The van der Waals surface area contributed by atoms with Crippen LogP contribution in [0.4, 0.5) is 0 Å². The molecule has 0 unspecified atom stereocenters. The van der Waals surface area contributed by atoms with Crippen molar-refractivity contribution < 1.29 is 4.42 Å². The Bertz CT molecular complexity index is 424. The van der Waals surface area contributed by atoms with Gasteiger partial charge in [-0.2, -0.15) is 0 Å². The summed E-state index contributed by atoms with van der Waals surface area (Å²) in [6, 6.07) is 7.99. The van der Waals surface area contributed by atoms with Gasteiger partial charge in [-0.05, 0) is 13.0 Å². The molecule has 0 atom stereocenters. The molecule has 1 aromatic heterocycles. The molecular formula is C15H22O. The van der Waals surface area contributed by atoms with E-state index in [0.29, 0.717) is 0 Å². The van der Waals surface area contributed by atoms with Crippen LogP contribution >= 0.6 is 0 Å². The molecule has 0 N–H and O–H groups in total. The highest BCUT2D eigenvalue weighted by Crippen LogP contribution is 2.25. The summed E-state index contributed by atoms with van der Waals surface area (Å²) in [4.78, 5) is 0. The van der Waals surface area contributed by atoms with Gasteiger partial charge in [0.25, 0.3) is 0 Å². The highest BCUT2D eigenvalue weighted by molar-refractivity contribution is 5.87. The second-order valence-electron chi connectivity index (χ2n) is 2.77. The summed E-state index contributed by atoms with van der Waals surface area (Å²) in [5.41, 5.74) is 2.04. The zero-order valence-electron chi connectivity index (χ0n) is 11.0. The van der Waals surface area contributed by atoms with Crippen LogP contribution < -0.4 is 0 Å². The van der Waals surface area contributed by atoms with Gasteiger partial charge >= 0.3 is 0 Å². The Labute approximate surface area is 98.8 Å². The maximum Gasteiger partial charge on any atom is 0.134 e. The minimum absolute atomic E-state index is 0.935. The van der Waals surface area contributed by atoms with E-state index in [1.54, 1.807) is 0 Å². The van der Waals surface area contributed by atoms with Gasteiger partial charge in [-0.1, -0.05) is 58.5 Å². The molecule has 0 fully saturated rings. The number of aryl methyl sites for hydroxylation is 1. The van der Waals surface area contributed by atoms with Gasteiger partial charge in [0.15, 0.2) is 0 Å². The first kappa shape index (κ1) is 14.5. The van der Waals surface area contributed by atoms with Gasteiger partial charge in [-0.15, -0.1) is 0 Å². The summed E-state index contributed by atoms with van der Waals surface area (Å²) < 4.78 is 5.52. The van der Waals surface area contributed by atoms with Crippen LogP contribution in [-0.2, 0) is 0 Å². The number of para-hydroxylation sites is 1. The van der Waals surface area contributed by atoms with Crippen molar-refractivity contribution in [3.63, 3.8) is 0 Å². The number of hydrogen-bond acceptors (Lipinski definition) is 1. The highest BCUT2D eigenvalue weighted by atomic mass is 16.3. The van der Waals surface area contributed by atoms with E-state index in [1.165, 1.54) is 0 Å². The van der Waals surface area contributed by atoms with Crippen LogP contribution in [0.25, 0.3) is 17.0 Å². The van der Waals surface area contributed by atoms with E-state index in [9.17, 15) is 0 Å². The third-order valence-electron chi connectivity index (χ3n) is 2.02. The van der Waals surface area contributed by atoms with E-state index in [-0.39, 0.29) is 0 Å². The van der Waals surface area contributed by atoms with Gasteiger partial charge in [-0.3, -0.25) is 0 Å². The van der Waals surface area contributed by atoms with E-state index in [4.69, 9.17) is 4.42 Å². The summed E-state index contributed by atoms with van der Waals surface area (Å²) >= 11 is 0. The maximum atomic E-state index is 5.52. The van der Waals surface area contributed by atoms with Crippen LogP contribution in [0.1, 0.15) is 39.0 Å². The Balaban J connectivity index is 0.000000509. The largest absolute Gasteiger partial charge is 0.461 e. The summed E-state index contributed by atoms with van der Waals surface area (Å²) in [6.07, 6.45) is 1.83. The lowest BCUT2D eigenvalue weighted by atomic mass is 10.1. The first-order valence-corrected chi connectivity index (χ1v) is 5.93. The van der Waals surface area contributed by atoms with Crippen LogP contribution in [0.5, 0.6) is 0 Å². The van der Waals surface area contributed by atoms with Crippen molar-refractivity contribution in [2.24, 2.45) is 0 Å². The van der Waals surface area contributed by atoms with E-state index in [2.05, 4.69) is 6.58 Å². The van der Waals surface area contributed by atoms with Crippen molar-refractivity contribution in [1.29, 1.82) is 0 Å². The number of benzene rings is 1. The average molecular weight is 218 g/mol. The van der Waals surface area contributed by atoms with Gasteiger partial charge in [0.2, 0.25) is 0 Å². The predicted octanol–water partition coefficient (Wildman–Crippen LogP) is 5.44. The smallest absolute Gasteiger partial charge is 0.134 e. The highest BCUT2D eigenvalue weighted by Gasteiger charge is 2.05. The second-order valence-corrected chi connectivity index (χ2v) is 2.77. The molecule has 1 heteroatoms. The van der Waals surface area contributed by atoms with Gasteiger partial charge in [-0.25, -0.2) is 0 Å². The normalized spacial score (nSPS) is 8.56. The first-order valence-electron chi connectivity index (χ1n) is 5.93. The zero-order chi connectivity index (χ0) is 12.6. The van der Waals surface area contributed by atoms with Gasteiger partial charge < -0.3 is 4.42 Å². The standard InChI is InChI=1S/C11H10O.2C2H6/c1-3-9-8(2)12-11-7-5-4-6-10(9)11;2*1-2/h3-7H,1H2,2H3;2*1-2H3. The molecule has 0 aliphatic rings. The Hall–Kier alpha value is -1.50. The fourth-order valence-corrected chi connectivity index (χ4v) is 1.44. The van der Waals surface area contributed by atoms with E-state index >= 15 is 0 Å². The maximum absolute atomic E-state index is 5.52. The van der Waals surface area contributed by atoms with Crippen LogP contribution in [-0.4, -0.2) is 0 Å². The quantitative estimate of drug-likeness (QED) is 0.621. The summed E-state index contributed by atoms with van der Waals surface area (Å²) in [7, 11) is 0. The van der Waals surface area contributed by atoms with Crippen molar-refractivity contribution in [2.75, 3.05) is 0 Å². The topological polar surface area (TPSA) is 13.1 Å². The molecule has 2 rings (SSSR count). The molecule has 16 heavy (non-hydrogen) atoms. The zero-order valence-corrected chi connectivity index (χ0v) is 11.0. The van der Waals surface area contributed by atoms with E-state index < -0.39 is 0 Å². The van der Waals surface area contributed by atoms with Gasteiger partial charge in [0.1, 0.15) is 11.3 Å². The number of furan rings is 1. The van der Waals surface area contributed by atoms with E-state index in [1.807, 2.05) is 65.0 Å². The SMILES string of the molecule is C=Cc1c(C)oc2ccccc12.CC.CC. The molecule has 0 amide bonds. The fourth-order valence-electron chi connectivity index (χ4n) is 1.44. The van der Waals surface area contributed by atoms with Crippen LogP contribution in [0, 0.1) is 6.92 Å². The molecule has 88 valence electrons. The minimum atomic E-state index is 0.935. The number of fused-ring (bicyclic) bond motifs is 1. The van der Waals surface area contributed by atoms with Crippen molar-refractivity contribution in [2.45, 2.75) is 34.6 Å². The summed E-state index contributed by atoms with van der Waals surface area (Å²) in [6.45, 7) is 13.7. The molecule has 1 aromatic carbocycles. The molecule has 0 aliphatic heterocycles. The van der Waals surface area contributed by atoms with Crippen molar-refractivity contribution in [3.05, 3.63) is 42.2 Å². The Morgan fingerprint density at radius 3 is 2.19 bits per heavy atom. The van der Waals surface area contributed by atoms with Crippen LogP contribution in [0.15, 0.2) is 35.3 Å². The molecule has 1 nitrogen and oxygen atoms in total. The second kappa shape index (κ2) is 7.75. The summed E-state index contributed by atoms with van der Waals surface area (Å²) in [5, 5.41) is 1.14. The molecule has 0 spiro atoms. The third-order valence-corrected chi connectivity index (χ3v) is 2.02. The summed E-state index contributed by atoms with van der Waals surface area (Å²) in [5.74, 6) is 0.936. The Morgan fingerprint density at radius 2 is 1.62 bits per heavy atom. The Morgan fingerprint density at radius 1 is 1.06 bits per heavy atom. The van der Waals surface area contributed by atoms with E-state index in [0.717, 1.165) is 22.3 Å². The van der Waals surface area contributed by atoms with Crippen molar-refractivity contribution in [1.82, 2.24) is 0 Å². The lowest BCUT2D eigenvalue weighted by molar-refractivity contribution is 0.577.